The molecule has 3 N–H and O–H groups in total. The standard InChI is InChI=1S/C22H27N3O2/c1-3-25(4-2)17-11-9-16(10-12-17)14-23-21(13-22(26)27)19-15-24-20-8-6-5-7-18(19)20/h5-12,15,21,23-24H,3-4,13-14H2,1-2H3,(H,26,27). The van der Waals surface area contributed by atoms with Gasteiger partial charge in [0.1, 0.15) is 12.6 Å². The zero-order valence-electron chi connectivity index (χ0n) is 15.9. The number of carbonyl (C=O) groups excluding carboxylic acids is 1. The largest absolute Gasteiger partial charge is 0.550 e. The van der Waals surface area contributed by atoms with Crippen LogP contribution < -0.4 is 15.3 Å². The average molecular weight is 365 g/mol. The fourth-order valence-corrected chi connectivity index (χ4v) is 3.61. The van der Waals surface area contributed by atoms with Crippen LogP contribution >= 0.6 is 0 Å². The van der Waals surface area contributed by atoms with Crippen molar-refractivity contribution < 1.29 is 15.2 Å². The number of aliphatic carboxylic acids is 1. The molecule has 0 saturated carbocycles. The van der Waals surface area contributed by atoms with E-state index in [0.29, 0.717) is 0 Å². The minimum Gasteiger partial charge on any atom is -0.550 e. The van der Waals surface area contributed by atoms with Gasteiger partial charge in [0.05, 0.1) is 0 Å². The minimum absolute atomic E-state index is 0.0145. The second-order valence-electron chi connectivity index (χ2n) is 6.75. The summed E-state index contributed by atoms with van der Waals surface area (Å²) in [5.41, 5.74) is 4.42. The normalized spacial score (nSPS) is 12.2. The first kappa shape index (κ1) is 19.0. The molecule has 1 aromatic heterocycles. The summed E-state index contributed by atoms with van der Waals surface area (Å²) >= 11 is 0. The Bertz CT molecular complexity index is 882. The Morgan fingerprint density at radius 1 is 1.11 bits per heavy atom. The van der Waals surface area contributed by atoms with E-state index in [1.165, 1.54) is 11.3 Å². The lowest BCUT2D eigenvalue weighted by Gasteiger charge is -2.21. The van der Waals surface area contributed by atoms with Gasteiger partial charge in [-0.3, -0.25) is 0 Å². The van der Waals surface area contributed by atoms with Crippen molar-refractivity contribution in [2.45, 2.75) is 32.9 Å². The monoisotopic (exact) mass is 365 g/mol. The maximum atomic E-state index is 11.3. The Morgan fingerprint density at radius 3 is 2.48 bits per heavy atom. The van der Waals surface area contributed by atoms with Crippen LogP contribution in [0.2, 0.25) is 0 Å². The second kappa shape index (κ2) is 8.73. The number of rotatable bonds is 9. The molecule has 5 nitrogen and oxygen atoms in total. The van der Waals surface area contributed by atoms with Crippen LogP contribution in [-0.2, 0) is 11.3 Å². The van der Waals surface area contributed by atoms with E-state index in [2.05, 4.69) is 53.3 Å². The summed E-state index contributed by atoms with van der Waals surface area (Å²) in [6, 6.07) is 16.3. The van der Waals surface area contributed by atoms with E-state index in [-0.39, 0.29) is 12.5 Å². The van der Waals surface area contributed by atoms with Gasteiger partial charge in [-0.25, -0.2) is 0 Å². The first-order valence-corrected chi connectivity index (χ1v) is 9.55. The summed E-state index contributed by atoms with van der Waals surface area (Å²) < 4.78 is 0. The van der Waals surface area contributed by atoms with Crippen LogP contribution in [0.15, 0.2) is 54.7 Å². The maximum absolute atomic E-state index is 11.3. The molecule has 0 spiro atoms. The number of aromatic amines is 1. The highest BCUT2D eigenvalue weighted by Gasteiger charge is 2.19. The van der Waals surface area contributed by atoms with Crippen molar-refractivity contribution in [3.8, 4) is 0 Å². The van der Waals surface area contributed by atoms with Gasteiger partial charge in [0.2, 0.25) is 0 Å². The Labute approximate surface area is 160 Å². The third kappa shape index (κ3) is 4.49. The van der Waals surface area contributed by atoms with Crippen molar-refractivity contribution in [2.24, 2.45) is 0 Å². The lowest BCUT2D eigenvalue weighted by atomic mass is 10.0. The Morgan fingerprint density at radius 2 is 1.81 bits per heavy atom. The number of nitrogens with two attached hydrogens (primary N) is 1. The van der Waals surface area contributed by atoms with Crippen LogP contribution in [0.4, 0.5) is 5.69 Å². The highest BCUT2D eigenvalue weighted by atomic mass is 16.4. The number of nitrogens with zero attached hydrogens (tertiary/aromatic N) is 1. The van der Waals surface area contributed by atoms with E-state index in [0.717, 1.165) is 36.1 Å². The molecular formula is C22H27N3O2. The predicted molar refractivity (Wildman–Crippen MR) is 106 cm³/mol. The molecule has 27 heavy (non-hydrogen) atoms. The predicted octanol–water partition coefficient (Wildman–Crippen LogP) is 1.96. The molecule has 1 atom stereocenters. The van der Waals surface area contributed by atoms with Crippen molar-refractivity contribution in [1.82, 2.24) is 4.98 Å². The van der Waals surface area contributed by atoms with E-state index in [4.69, 9.17) is 0 Å². The quantitative estimate of drug-likeness (QED) is 0.609. The van der Waals surface area contributed by atoms with Crippen molar-refractivity contribution >= 4 is 22.6 Å². The second-order valence-corrected chi connectivity index (χ2v) is 6.75. The van der Waals surface area contributed by atoms with E-state index < -0.39 is 5.97 Å². The van der Waals surface area contributed by atoms with Gasteiger partial charge in [-0.05, 0) is 32.0 Å². The molecule has 0 radical (unpaired) electrons. The van der Waals surface area contributed by atoms with Gasteiger partial charge in [-0.15, -0.1) is 0 Å². The van der Waals surface area contributed by atoms with E-state index >= 15 is 0 Å². The number of anilines is 1. The molecule has 0 bridgehead atoms. The molecule has 0 saturated heterocycles. The topological polar surface area (TPSA) is 75.8 Å². The molecule has 3 aromatic rings. The van der Waals surface area contributed by atoms with Crippen molar-refractivity contribution in [1.29, 1.82) is 0 Å². The number of H-pyrrole nitrogens is 1. The van der Waals surface area contributed by atoms with Crippen LogP contribution in [0.3, 0.4) is 0 Å². The number of fused-ring (bicyclic) bond motifs is 1. The Balaban J connectivity index is 1.75. The fourth-order valence-electron chi connectivity index (χ4n) is 3.61. The third-order valence-electron chi connectivity index (χ3n) is 5.11. The Hall–Kier alpha value is -2.79. The zero-order chi connectivity index (χ0) is 19.2. The fraction of sp³-hybridized carbons (Fsp3) is 0.318. The summed E-state index contributed by atoms with van der Waals surface area (Å²) in [6.07, 6.45) is 1.90. The van der Waals surface area contributed by atoms with Crippen molar-refractivity contribution in [3.05, 3.63) is 65.9 Å². The highest BCUT2D eigenvalue weighted by Crippen LogP contribution is 2.24. The molecule has 142 valence electrons. The first-order chi connectivity index (χ1) is 13.1. The molecule has 5 heteroatoms. The number of carboxylic acids is 1. The lowest BCUT2D eigenvalue weighted by Crippen LogP contribution is -2.84. The van der Waals surface area contributed by atoms with E-state index in [1.807, 2.05) is 30.5 Å². The number of nitrogens with one attached hydrogen (secondary N) is 1. The minimum atomic E-state index is -1.03. The zero-order valence-corrected chi connectivity index (χ0v) is 15.9. The summed E-state index contributed by atoms with van der Waals surface area (Å²) in [7, 11) is 0. The van der Waals surface area contributed by atoms with Crippen LogP contribution in [0.25, 0.3) is 10.9 Å². The molecule has 0 aliphatic rings. The Kier molecular flexibility index (Phi) is 6.14. The molecule has 0 aliphatic heterocycles. The number of carboxylic acid groups (broad SMARTS) is 1. The number of quaternary nitrogens is 1. The summed E-state index contributed by atoms with van der Waals surface area (Å²) in [5.74, 6) is -1.03. The van der Waals surface area contributed by atoms with Gasteiger partial charge in [0.25, 0.3) is 0 Å². The molecule has 1 heterocycles. The summed E-state index contributed by atoms with van der Waals surface area (Å²) in [5, 5.41) is 14.4. The van der Waals surface area contributed by atoms with Gasteiger partial charge < -0.3 is 25.1 Å². The molecule has 0 aliphatic carbocycles. The average Bonchev–Trinajstić information content (AvgIpc) is 3.11. The number of carbonyl (C=O) groups is 1. The number of benzene rings is 2. The van der Waals surface area contributed by atoms with Gasteiger partial charge >= 0.3 is 0 Å². The van der Waals surface area contributed by atoms with Crippen molar-refractivity contribution in [3.63, 3.8) is 0 Å². The van der Waals surface area contributed by atoms with Crippen molar-refractivity contribution in [2.75, 3.05) is 18.0 Å². The van der Waals surface area contributed by atoms with E-state index in [9.17, 15) is 9.90 Å². The maximum Gasteiger partial charge on any atom is 0.119 e. The van der Waals surface area contributed by atoms with Gasteiger partial charge in [-0.1, -0.05) is 30.3 Å². The number of hydrogen-bond donors (Lipinski definition) is 2. The molecule has 0 amide bonds. The van der Waals surface area contributed by atoms with Gasteiger partial charge in [0.15, 0.2) is 0 Å². The molecule has 0 fully saturated rings. The number of hydrogen-bond acceptors (Lipinski definition) is 3. The SMILES string of the molecule is CCN(CC)c1ccc(C[NH2+]C(CC(=O)[O-])c2c[nH]c3ccccc23)cc1. The number of para-hydroxylation sites is 1. The molecule has 3 rings (SSSR count). The first-order valence-electron chi connectivity index (χ1n) is 9.55. The van der Waals surface area contributed by atoms with Crippen LogP contribution in [0, 0.1) is 0 Å². The lowest BCUT2D eigenvalue weighted by molar-refractivity contribution is -0.710. The smallest absolute Gasteiger partial charge is 0.119 e. The van der Waals surface area contributed by atoms with Gasteiger partial charge in [-0.2, -0.15) is 0 Å². The molecule has 2 aromatic carbocycles. The number of aromatic nitrogens is 1. The molecule has 1 unspecified atom stereocenters. The summed E-state index contributed by atoms with van der Waals surface area (Å²) in [4.78, 5) is 16.8. The summed E-state index contributed by atoms with van der Waals surface area (Å²) in [6.45, 7) is 6.98. The highest BCUT2D eigenvalue weighted by molar-refractivity contribution is 5.84. The van der Waals surface area contributed by atoms with Crippen LogP contribution in [0.5, 0.6) is 0 Å². The third-order valence-corrected chi connectivity index (χ3v) is 5.11. The van der Waals surface area contributed by atoms with Crippen LogP contribution in [-0.4, -0.2) is 24.0 Å². The molecular weight excluding hydrogens is 338 g/mol. The van der Waals surface area contributed by atoms with E-state index in [1.54, 1.807) is 0 Å². The van der Waals surface area contributed by atoms with Gasteiger partial charge in [0, 0.05) is 59.4 Å². The van der Waals surface area contributed by atoms with Crippen LogP contribution in [0.1, 0.15) is 37.4 Å².